The highest BCUT2D eigenvalue weighted by Gasteiger charge is 2.51. The number of benzene rings is 1. The van der Waals surface area contributed by atoms with Crippen LogP contribution in [-0.2, 0) is 9.31 Å². The van der Waals surface area contributed by atoms with Gasteiger partial charge in [0, 0.05) is 11.7 Å². The van der Waals surface area contributed by atoms with Crippen LogP contribution in [0.2, 0.25) is 0 Å². The minimum atomic E-state index is -0.283. The van der Waals surface area contributed by atoms with Gasteiger partial charge in [-0.25, -0.2) is 0 Å². The van der Waals surface area contributed by atoms with E-state index in [2.05, 4.69) is 57.3 Å². The van der Waals surface area contributed by atoms with Crippen molar-refractivity contribution in [3.8, 4) is 0 Å². The summed E-state index contributed by atoms with van der Waals surface area (Å²) < 4.78 is 12.2. The molecule has 1 aliphatic carbocycles. The second kappa shape index (κ2) is 4.78. The predicted octanol–water partition coefficient (Wildman–Crippen LogP) is 2.95. The molecule has 0 aromatic heterocycles. The highest BCUT2D eigenvalue weighted by Crippen LogP contribution is 2.36. The first-order chi connectivity index (χ1) is 9.37. The van der Waals surface area contributed by atoms with Crippen LogP contribution in [-0.4, -0.2) is 24.4 Å². The average molecular weight is 273 g/mol. The summed E-state index contributed by atoms with van der Waals surface area (Å²) in [6.45, 7) is 8.35. The summed E-state index contributed by atoms with van der Waals surface area (Å²) in [6, 6.07) is 9.06. The molecule has 1 N–H and O–H groups in total. The fraction of sp³-hybridized carbons (Fsp3) is 0.625. The molecule has 1 aromatic rings. The van der Waals surface area contributed by atoms with E-state index in [9.17, 15) is 0 Å². The van der Waals surface area contributed by atoms with E-state index >= 15 is 0 Å². The highest BCUT2D eigenvalue weighted by molar-refractivity contribution is 6.62. The van der Waals surface area contributed by atoms with Gasteiger partial charge in [0.25, 0.3) is 0 Å². The zero-order chi connectivity index (χ0) is 14.4. The van der Waals surface area contributed by atoms with Gasteiger partial charge in [0.1, 0.15) is 0 Å². The normalized spacial score (nSPS) is 24.5. The van der Waals surface area contributed by atoms with Crippen LogP contribution in [0.1, 0.15) is 47.0 Å². The van der Waals surface area contributed by atoms with Gasteiger partial charge in [-0.05, 0) is 64.6 Å². The third kappa shape index (κ3) is 2.47. The molecule has 2 fully saturated rings. The van der Waals surface area contributed by atoms with E-state index < -0.39 is 0 Å². The van der Waals surface area contributed by atoms with Gasteiger partial charge >= 0.3 is 7.12 Å². The minimum Gasteiger partial charge on any atom is -0.399 e. The summed E-state index contributed by atoms with van der Waals surface area (Å²) in [5.74, 6) is 0. The Morgan fingerprint density at radius 1 is 1.10 bits per heavy atom. The van der Waals surface area contributed by atoms with Crippen molar-refractivity contribution in [2.45, 2.75) is 64.2 Å². The van der Waals surface area contributed by atoms with Gasteiger partial charge in [-0.3, -0.25) is 0 Å². The van der Waals surface area contributed by atoms with Crippen LogP contribution in [0.3, 0.4) is 0 Å². The van der Waals surface area contributed by atoms with E-state index in [4.69, 9.17) is 9.31 Å². The van der Waals surface area contributed by atoms with Crippen LogP contribution in [0.25, 0.3) is 0 Å². The number of hydrogen-bond acceptors (Lipinski definition) is 3. The monoisotopic (exact) mass is 273 g/mol. The van der Waals surface area contributed by atoms with Crippen molar-refractivity contribution >= 4 is 18.3 Å². The van der Waals surface area contributed by atoms with Crippen molar-refractivity contribution in [3.05, 3.63) is 24.3 Å². The molecule has 0 atom stereocenters. The van der Waals surface area contributed by atoms with Gasteiger partial charge in [0.15, 0.2) is 0 Å². The Bertz CT molecular complexity index is 481. The molecule has 0 spiro atoms. The third-order valence-electron chi connectivity index (χ3n) is 4.89. The fourth-order valence-corrected chi connectivity index (χ4v) is 2.54. The first kappa shape index (κ1) is 14.0. The second-order valence-corrected chi connectivity index (χ2v) is 6.99. The highest BCUT2D eigenvalue weighted by atomic mass is 16.7. The molecule has 1 aliphatic heterocycles. The molecule has 0 bridgehead atoms. The molecule has 3 rings (SSSR count). The lowest BCUT2D eigenvalue weighted by Crippen LogP contribution is -2.41. The van der Waals surface area contributed by atoms with Gasteiger partial charge in [-0.1, -0.05) is 12.1 Å². The van der Waals surface area contributed by atoms with Crippen LogP contribution in [0.15, 0.2) is 24.3 Å². The largest absolute Gasteiger partial charge is 0.494 e. The molecule has 1 saturated heterocycles. The Morgan fingerprint density at radius 3 is 2.30 bits per heavy atom. The molecule has 2 aliphatic rings. The number of anilines is 1. The summed E-state index contributed by atoms with van der Waals surface area (Å²) in [7, 11) is -0.275. The summed E-state index contributed by atoms with van der Waals surface area (Å²) in [5, 5.41) is 3.57. The topological polar surface area (TPSA) is 30.5 Å². The van der Waals surface area contributed by atoms with E-state index in [0.29, 0.717) is 6.04 Å². The Kier molecular flexibility index (Phi) is 3.34. The van der Waals surface area contributed by atoms with E-state index in [0.717, 1.165) is 5.46 Å². The first-order valence-electron chi connectivity index (χ1n) is 7.59. The molecular weight excluding hydrogens is 249 g/mol. The maximum Gasteiger partial charge on any atom is 0.494 e. The van der Waals surface area contributed by atoms with Crippen molar-refractivity contribution in [3.63, 3.8) is 0 Å². The van der Waals surface area contributed by atoms with Gasteiger partial charge in [-0.2, -0.15) is 0 Å². The van der Waals surface area contributed by atoms with E-state index in [1.165, 1.54) is 24.9 Å². The van der Waals surface area contributed by atoms with Crippen molar-refractivity contribution < 1.29 is 9.31 Å². The Morgan fingerprint density at radius 2 is 1.75 bits per heavy atom. The van der Waals surface area contributed by atoms with E-state index in [1.54, 1.807) is 0 Å². The molecule has 1 heterocycles. The lowest BCUT2D eigenvalue weighted by atomic mass is 9.79. The van der Waals surface area contributed by atoms with Gasteiger partial charge in [-0.15, -0.1) is 0 Å². The van der Waals surface area contributed by atoms with Crippen molar-refractivity contribution in [1.29, 1.82) is 0 Å². The molecule has 0 amide bonds. The molecule has 3 nitrogen and oxygen atoms in total. The van der Waals surface area contributed by atoms with Crippen molar-refractivity contribution in [2.75, 3.05) is 5.32 Å². The zero-order valence-corrected chi connectivity index (χ0v) is 12.9. The molecule has 20 heavy (non-hydrogen) atoms. The van der Waals surface area contributed by atoms with Crippen LogP contribution in [0.4, 0.5) is 5.69 Å². The number of rotatable bonds is 3. The Balaban J connectivity index is 1.76. The summed E-state index contributed by atoms with van der Waals surface area (Å²) >= 11 is 0. The maximum absolute atomic E-state index is 6.10. The van der Waals surface area contributed by atoms with Crippen LogP contribution in [0.5, 0.6) is 0 Å². The van der Waals surface area contributed by atoms with Crippen LogP contribution >= 0.6 is 0 Å². The minimum absolute atomic E-state index is 0.275. The molecule has 0 radical (unpaired) electrons. The summed E-state index contributed by atoms with van der Waals surface area (Å²) in [6.07, 6.45) is 3.90. The van der Waals surface area contributed by atoms with Crippen molar-refractivity contribution in [2.24, 2.45) is 0 Å². The molecule has 0 unspecified atom stereocenters. The molecular formula is C16H24BNO2. The van der Waals surface area contributed by atoms with Gasteiger partial charge < -0.3 is 14.6 Å². The SMILES string of the molecule is CC1(C)OB(c2cccc(NC3CCC3)c2)OC1(C)C. The number of hydrogen-bond donors (Lipinski definition) is 1. The van der Waals surface area contributed by atoms with E-state index in [-0.39, 0.29) is 18.3 Å². The first-order valence-corrected chi connectivity index (χ1v) is 7.59. The smallest absolute Gasteiger partial charge is 0.399 e. The molecule has 1 aromatic carbocycles. The lowest BCUT2D eigenvalue weighted by Gasteiger charge is -2.32. The second-order valence-electron chi connectivity index (χ2n) is 6.99. The van der Waals surface area contributed by atoms with Crippen LogP contribution in [0, 0.1) is 0 Å². The summed E-state index contributed by atoms with van der Waals surface area (Å²) in [5.41, 5.74) is 1.69. The summed E-state index contributed by atoms with van der Waals surface area (Å²) in [4.78, 5) is 0. The predicted molar refractivity (Wildman–Crippen MR) is 83.4 cm³/mol. The fourth-order valence-electron chi connectivity index (χ4n) is 2.54. The molecule has 1 saturated carbocycles. The standard InChI is InChI=1S/C16H24BNO2/c1-15(2)16(3,4)20-17(19-15)12-7-5-10-14(11-12)18-13-8-6-9-13/h5,7,10-11,13,18H,6,8-9H2,1-4H3. The Labute approximate surface area is 122 Å². The van der Waals surface area contributed by atoms with Crippen LogP contribution < -0.4 is 10.8 Å². The van der Waals surface area contributed by atoms with Gasteiger partial charge in [0.05, 0.1) is 11.2 Å². The van der Waals surface area contributed by atoms with E-state index in [1.807, 2.05) is 0 Å². The lowest BCUT2D eigenvalue weighted by molar-refractivity contribution is 0.00578. The third-order valence-corrected chi connectivity index (χ3v) is 4.89. The molecule has 4 heteroatoms. The number of nitrogens with one attached hydrogen (secondary N) is 1. The quantitative estimate of drug-likeness (QED) is 0.859. The van der Waals surface area contributed by atoms with Gasteiger partial charge in [0.2, 0.25) is 0 Å². The van der Waals surface area contributed by atoms with Crippen molar-refractivity contribution in [1.82, 2.24) is 0 Å². The average Bonchev–Trinajstić information content (AvgIpc) is 2.54. The maximum atomic E-state index is 6.10. The Hall–Kier alpha value is -0.995. The zero-order valence-electron chi connectivity index (χ0n) is 12.9. The molecule has 108 valence electrons.